The van der Waals surface area contributed by atoms with Gasteiger partial charge in [0.1, 0.15) is 5.82 Å². The van der Waals surface area contributed by atoms with Crippen molar-refractivity contribution in [1.82, 2.24) is 9.80 Å². The molecule has 0 spiro atoms. The maximum Gasteiger partial charge on any atom is 0.242 e. The van der Waals surface area contributed by atoms with E-state index in [4.69, 9.17) is 0 Å². The highest BCUT2D eigenvalue weighted by Gasteiger charge is 2.20. The van der Waals surface area contributed by atoms with Gasteiger partial charge in [0.05, 0.1) is 6.54 Å². The van der Waals surface area contributed by atoms with Gasteiger partial charge in [-0.05, 0) is 43.4 Å². The van der Waals surface area contributed by atoms with Crippen LogP contribution in [0.25, 0.3) is 0 Å². The summed E-state index contributed by atoms with van der Waals surface area (Å²) < 4.78 is 12.9. The zero-order chi connectivity index (χ0) is 15.9. The van der Waals surface area contributed by atoms with E-state index in [2.05, 4.69) is 0 Å². The van der Waals surface area contributed by atoms with E-state index < -0.39 is 0 Å². The number of amides is 2. The number of nitrogens with zero attached hydrogens (tertiary/aromatic N) is 2. The third-order valence-corrected chi connectivity index (χ3v) is 4.06. The molecule has 0 aromatic heterocycles. The molecule has 1 aromatic rings. The van der Waals surface area contributed by atoms with Crippen LogP contribution in [-0.2, 0) is 16.0 Å². The fourth-order valence-corrected chi connectivity index (χ4v) is 2.67. The summed E-state index contributed by atoms with van der Waals surface area (Å²) in [5, 5.41) is 0. The molecule has 0 N–H and O–H groups in total. The van der Waals surface area contributed by atoms with Gasteiger partial charge in [0.25, 0.3) is 0 Å². The number of piperidine rings is 1. The smallest absolute Gasteiger partial charge is 0.242 e. The normalized spacial score (nSPS) is 14.7. The zero-order valence-electron chi connectivity index (χ0n) is 13.1. The van der Waals surface area contributed by atoms with Crippen molar-refractivity contribution in [3.8, 4) is 0 Å². The number of likely N-dealkylation sites (tertiary alicyclic amines) is 1. The largest absolute Gasteiger partial charge is 0.341 e. The molecule has 0 unspecified atom stereocenters. The van der Waals surface area contributed by atoms with Crippen LogP contribution in [0.1, 0.15) is 31.7 Å². The highest BCUT2D eigenvalue weighted by atomic mass is 19.1. The summed E-state index contributed by atoms with van der Waals surface area (Å²) in [4.78, 5) is 27.4. The maximum absolute atomic E-state index is 12.9. The predicted octanol–water partition coefficient (Wildman–Crippen LogP) is 2.23. The molecule has 0 saturated carbocycles. The second-order valence-electron chi connectivity index (χ2n) is 5.76. The quantitative estimate of drug-likeness (QED) is 0.837. The Kier molecular flexibility index (Phi) is 5.92. The number of hydrogen-bond donors (Lipinski definition) is 0. The van der Waals surface area contributed by atoms with Gasteiger partial charge in [0, 0.05) is 26.6 Å². The van der Waals surface area contributed by atoms with Crippen LogP contribution in [-0.4, -0.2) is 47.8 Å². The molecule has 120 valence electrons. The standard InChI is InChI=1S/C17H23FN2O2/c1-14(21)20(12-9-15-5-7-16(18)8-6-15)13-17(22)19-10-3-2-4-11-19/h5-8H,2-4,9-13H2,1H3. The predicted molar refractivity (Wildman–Crippen MR) is 82.8 cm³/mol. The van der Waals surface area contributed by atoms with Crippen molar-refractivity contribution in [1.29, 1.82) is 0 Å². The highest BCUT2D eigenvalue weighted by Crippen LogP contribution is 2.10. The number of carbonyl (C=O) groups is 2. The Morgan fingerprint density at radius 1 is 1.14 bits per heavy atom. The van der Waals surface area contributed by atoms with E-state index in [1.54, 1.807) is 17.0 Å². The van der Waals surface area contributed by atoms with Crippen molar-refractivity contribution in [2.75, 3.05) is 26.2 Å². The topological polar surface area (TPSA) is 40.6 Å². The minimum Gasteiger partial charge on any atom is -0.341 e. The van der Waals surface area contributed by atoms with Gasteiger partial charge in [-0.3, -0.25) is 9.59 Å². The van der Waals surface area contributed by atoms with Gasteiger partial charge in [-0.2, -0.15) is 0 Å². The second kappa shape index (κ2) is 7.92. The minimum atomic E-state index is -0.271. The number of hydrogen-bond acceptors (Lipinski definition) is 2. The molecule has 1 aliphatic heterocycles. The van der Waals surface area contributed by atoms with Crippen LogP contribution in [0.5, 0.6) is 0 Å². The molecule has 0 radical (unpaired) electrons. The Balaban J connectivity index is 1.87. The SMILES string of the molecule is CC(=O)N(CCc1ccc(F)cc1)CC(=O)N1CCCCC1. The summed E-state index contributed by atoms with van der Waals surface area (Å²) in [5.74, 6) is -0.353. The Morgan fingerprint density at radius 2 is 1.77 bits per heavy atom. The van der Waals surface area contributed by atoms with Crippen LogP contribution in [0.2, 0.25) is 0 Å². The molecule has 1 heterocycles. The average molecular weight is 306 g/mol. The van der Waals surface area contributed by atoms with Gasteiger partial charge in [-0.1, -0.05) is 12.1 Å². The molecule has 4 nitrogen and oxygen atoms in total. The molecule has 1 fully saturated rings. The third-order valence-electron chi connectivity index (χ3n) is 4.06. The van der Waals surface area contributed by atoms with Crippen molar-refractivity contribution in [2.24, 2.45) is 0 Å². The Labute approximate surface area is 130 Å². The summed E-state index contributed by atoms with van der Waals surface area (Å²) in [6.45, 7) is 3.68. The first-order valence-corrected chi connectivity index (χ1v) is 7.84. The molecule has 0 atom stereocenters. The first kappa shape index (κ1) is 16.5. The van der Waals surface area contributed by atoms with Gasteiger partial charge in [0.15, 0.2) is 0 Å². The molecule has 1 aliphatic rings. The fourth-order valence-electron chi connectivity index (χ4n) is 2.67. The van der Waals surface area contributed by atoms with E-state index in [9.17, 15) is 14.0 Å². The highest BCUT2D eigenvalue weighted by molar-refractivity contribution is 5.83. The monoisotopic (exact) mass is 306 g/mol. The van der Waals surface area contributed by atoms with E-state index >= 15 is 0 Å². The zero-order valence-corrected chi connectivity index (χ0v) is 13.1. The molecule has 0 aliphatic carbocycles. The van der Waals surface area contributed by atoms with E-state index in [-0.39, 0.29) is 24.2 Å². The Morgan fingerprint density at radius 3 is 2.36 bits per heavy atom. The van der Waals surface area contributed by atoms with E-state index in [1.165, 1.54) is 25.5 Å². The lowest BCUT2D eigenvalue weighted by Gasteiger charge is -2.29. The number of benzene rings is 1. The lowest BCUT2D eigenvalue weighted by atomic mass is 10.1. The molecule has 2 rings (SSSR count). The minimum absolute atomic E-state index is 0.0222. The Hall–Kier alpha value is -1.91. The van der Waals surface area contributed by atoms with Crippen LogP contribution in [0, 0.1) is 5.82 Å². The van der Waals surface area contributed by atoms with Gasteiger partial charge in [-0.25, -0.2) is 4.39 Å². The third kappa shape index (κ3) is 4.83. The lowest BCUT2D eigenvalue weighted by Crippen LogP contribution is -2.44. The van der Waals surface area contributed by atoms with Gasteiger partial charge in [-0.15, -0.1) is 0 Å². The van der Waals surface area contributed by atoms with Crippen molar-refractivity contribution >= 4 is 11.8 Å². The summed E-state index contributed by atoms with van der Waals surface area (Å²) in [7, 11) is 0. The van der Waals surface area contributed by atoms with Crippen molar-refractivity contribution in [2.45, 2.75) is 32.6 Å². The van der Waals surface area contributed by atoms with Crippen LogP contribution < -0.4 is 0 Å². The van der Waals surface area contributed by atoms with Crippen LogP contribution in [0.3, 0.4) is 0 Å². The summed E-state index contributed by atoms with van der Waals surface area (Å²) in [6, 6.07) is 6.23. The molecule has 1 aromatic carbocycles. The fraction of sp³-hybridized carbons (Fsp3) is 0.529. The molecular weight excluding hydrogens is 283 g/mol. The maximum atomic E-state index is 12.9. The number of rotatable bonds is 5. The summed E-state index contributed by atoms with van der Waals surface area (Å²) in [5.41, 5.74) is 0.957. The van der Waals surface area contributed by atoms with Gasteiger partial charge >= 0.3 is 0 Å². The second-order valence-corrected chi connectivity index (χ2v) is 5.76. The lowest BCUT2D eigenvalue weighted by molar-refractivity contribution is -0.140. The molecule has 5 heteroatoms. The first-order valence-electron chi connectivity index (χ1n) is 7.84. The molecular formula is C17H23FN2O2. The van der Waals surface area contributed by atoms with E-state index in [0.29, 0.717) is 13.0 Å². The molecule has 22 heavy (non-hydrogen) atoms. The van der Waals surface area contributed by atoms with Crippen LogP contribution in [0.15, 0.2) is 24.3 Å². The van der Waals surface area contributed by atoms with Crippen LogP contribution >= 0.6 is 0 Å². The average Bonchev–Trinajstić information content (AvgIpc) is 2.53. The van der Waals surface area contributed by atoms with E-state index in [1.807, 2.05) is 4.90 Å². The first-order chi connectivity index (χ1) is 10.6. The summed E-state index contributed by atoms with van der Waals surface area (Å²) >= 11 is 0. The van der Waals surface area contributed by atoms with Crippen molar-refractivity contribution < 1.29 is 14.0 Å². The molecule has 0 bridgehead atoms. The summed E-state index contributed by atoms with van der Waals surface area (Å²) in [6.07, 6.45) is 3.88. The number of carbonyl (C=O) groups excluding carboxylic acids is 2. The Bertz CT molecular complexity index is 510. The van der Waals surface area contributed by atoms with E-state index in [0.717, 1.165) is 31.5 Å². The van der Waals surface area contributed by atoms with Crippen LogP contribution in [0.4, 0.5) is 4.39 Å². The molecule has 1 saturated heterocycles. The number of halogens is 1. The van der Waals surface area contributed by atoms with Crippen molar-refractivity contribution in [3.05, 3.63) is 35.6 Å². The van der Waals surface area contributed by atoms with Gasteiger partial charge < -0.3 is 9.80 Å². The van der Waals surface area contributed by atoms with Crippen molar-refractivity contribution in [3.63, 3.8) is 0 Å². The van der Waals surface area contributed by atoms with Gasteiger partial charge in [0.2, 0.25) is 11.8 Å². The molecule has 2 amide bonds.